The van der Waals surface area contributed by atoms with Crippen molar-refractivity contribution < 1.29 is 23.9 Å². The van der Waals surface area contributed by atoms with E-state index < -0.39 is 25.5 Å². The zero-order valence-corrected chi connectivity index (χ0v) is 13.7. The van der Waals surface area contributed by atoms with Gasteiger partial charge in [-0.15, -0.1) is 0 Å². The number of nitrogens with zero attached hydrogens (tertiary/aromatic N) is 1. The summed E-state index contributed by atoms with van der Waals surface area (Å²) < 4.78 is 66.8. The average Bonchev–Trinajstić information content (AvgIpc) is 2.61. The first-order valence-electron chi connectivity index (χ1n) is 11.5. The van der Waals surface area contributed by atoms with Crippen LogP contribution in [0.3, 0.4) is 0 Å². The van der Waals surface area contributed by atoms with Crippen molar-refractivity contribution in [3.05, 3.63) is 23.2 Å². The summed E-state index contributed by atoms with van der Waals surface area (Å²) in [5, 5.41) is 0. The Hall–Kier alpha value is -1.55. The second kappa shape index (κ2) is 6.52. The zero-order chi connectivity index (χ0) is 22.6. The van der Waals surface area contributed by atoms with E-state index in [1.807, 2.05) is 13.8 Å². The molecule has 23 heavy (non-hydrogen) atoms. The van der Waals surface area contributed by atoms with E-state index in [2.05, 4.69) is 0 Å². The van der Waals surface area contributed by atoms with E-state index >= 15 is 0 Å². The maximum absolute atomic E-state index is 12.9. The Morgan fingerprint density at radius 3 is 2.91 bits per heavy atom. The highest BCUT2D eigenvalue weighted by molar-refractivity contribution is 5.83. The van der Waals surface area contributed by atoms with Crippen LogP contribution in [-0.4, -0.2) is 37.9 Å². The van der Waals surface area contributed by atoms with Crippen molar-refractivity contribution in [3.63, 3.8) is 0 Å². The third kappa shape index (κ3) is 3.09. The van der Waals surface area contributed by atoms with Crippen LogP contribution in [0.15, 0.2) is 12.1 Å². The minimum atomic E-state index is -2.81. The molecule has 0 aromatic heterocycles. The second-order valence-electron chi connectivity index (χ2n) is 6.55. The predicted molar refractivity (Wildman–Crippen MR) is 90.1 cm³/mol. The van der Waals surface area contributed by atoms with Crippen molar-refractivity contribution >= 4 is 5.78 Å². The first-order chi connectivity index (χ1) is 13.8. The minimum Gasteiger partial charge on any atom is -0.493 e. The lowest BCUT2D eigenvalue weighted by Crippen LogP contribution is -2.46. The summed E-state index contributed by atoms with van der Waals surface area (Å²) in [5.74, 6) is -1.30. The molecule has 1 aromatic carbocycles. The number of carbonyl (C=O) groups is 1. The molecule has 0 saturated carbocycles. The van der Waals surface area contributed by atoms with Crippen molar-refractivity contribution in [1.82, 2.24) is 4.90 Å². The number of Topliss-reactive ketones (excluding diaryl/α,β-unsaturated/α-hetero) is 1. The highest BCUT2D eigenvalue weighted by Crippen LogP contribution is 2.42. The molecule has 0 aliphatic carbocycles. The second-order valence-corrected chi connectivity index (χ2v) is 6.55. The molecular weight excluding hydrogens is 290 g/mol. The third-order valence-electron chi connectivity index (χ3n) is 4.47. The molecule has 0 N–H and O–H groups in total. The smallest absolute Gasteiger partial charge is 0.161 e. The number of ether oxygens (including phenoxy) is 2. The van der Waals surface area contributed by atoms with Crippen LogP contribution >= 0.6 is 0 Å². The maximum atomic E-state index is 12.9. The fourth-order valence-electron chi connectivity index (χ4n) is 3.38. The number of hydrogen-bond acceptors (Lipinski definition) is 4. The van der Waals surface area contributed by atoms with Crippen molar-refractivity contribution in [2.45, 2.75) is 39.2 Å². The number of piperidine rings is 1. The van der Waals surface area contributed by atoms with Gasteiger partial charge in [0.1, 0.15) is 5.78 Å². The van der Waals surface area contributed by atoms with E-state index in [0.717, 1.165) is 0 Å². The Kier molecular flexibility index (Phi) is 2.74. The number of methoxy groups -OCH3 is 2. The fourth-order valence-corrected chi connectivity index (χ4v) is 3.38. The Morgan fingerprint density at radius 2 is 2.22 bits per heavy atom. The van der Waals surface area contributed by atoms with Crippen LogP contribution in [0.2, 0.25) is 0 Å². The summed E-state index contributed by atoms with van der Waals surface area (Å²) in [4.78, 5) is 14.5. The quantitative estimate of drug-likeness (QED) is 0.852. The molecule has 1 fully saturated rings. The summed E-state index contributed by atoms with van der Waals surface area (Å²) in [5.41, 5.74) is 0.758. The lowest BCUT2D eigenvalue weighted by molar-refractivity contribution is -0.129. The van der Waals surface area contributed by atoms with E-state index in [1.54, 1.807) is 4.90 Å². The van der Waals surface area contributed by atoms with Gasteiger partial charge < -0.3 is 9.47 Å². The molecular formula is C19H27NO3. The molecule has 2 unspecified atom stereocenters. The van der Waals surface area contributed by atoms with Gasteiger partial charge in [0, 0.05) is 34.2 Å². The van der Waals surface area contributed by atoms with Gasteiger partial charge in [0.2, 0.25) is 0 Å². The van der Waals surface area contributed by atoms with Gasteiger partial charge in [-0.25, -0.2) is 0 Å². The molecule has 0 bridgehead atoms. The number of benzene rings is 1. The highest BCUT2D eigenvalue weighted by Gasteiger charge is 2.38. The molecule has 2 heterocycles. The van der Waals surface area contributed by atoms with Gasteiger partial charge in [-0.1, -0.05) is 13.8 Å². The summed E-state index contributed by atoms with van der Waals surface area (Å²) in [6, 6.07) is -1.05. The molecule has 1 aromatic rings. The number of fused-ring (bicyclic) bond motifs is 3. The van der Waals surface area contributed by atoms with Crippen LogP contribution in [0, 0.1) is 11.8 Å². The molecule has 0 spiro atoms. The molecule has 3 rings (SSSR count). The Balaban J connectivity index is 2.13. The molecule has 2 atom stereocenters. The van der Waals surface area contributed by atoms with Gasteiger partial charge in [-0.2, -0.15) is 0 Å². The molecule has 2 aliphatic rings. The van der Waals surface area contributed by atoms with Crippen LogP contribution < -0.4 is 9.47 Å². The number of carbonyl (C=O) groups excluding carboxylic acids is 1. The zero-order valence-electron chi connectivity index (χ0n) is 20.7. The van der Waals surface area contributed by atoms with Gasteiger partial charge in [-0.05, 0) is 42.0 Å². The van der Waals surface area contributed by atoms with E-state index in [-0.39, 0.29) is 54.7 Å². The largest absolute Gasteiger partial charge is 0.493 e. The fraction of sp³-hybridized carbons (Fsp3) is 0.632. The highest BCUT2D eigenvalue weighted by atomic mass is 16.5. The van der Waals surface area contributed by atoms with Crippen molar-refractivity contribution in [1.29, 1.82) is 0 Å². The summed E-state index contributed by atoms with van der Waals surface area (Å²) in [6.45, 7) is 2.29. The molecule has 0 radical (unpaired) electrons. The Labute approximate surface area is 148 Å². The third-order valence-corrected chi connectivity index (χ3v) is 4.47. The SMILES string of the molecule is [2H]c1c2c(c([2H])c(OC)c1OC([2H])([2H])[2H])C1CC(=O)C(CC(C)C)C([2H])([2H])N1CC2. The molecule has 1 saturated heterocycles. The molecule has 2 aliphatic heterocycles. The number of rotatable bonds is 4. The summed E-state index contributed by atoms with van der Waals surface area (Å²) >= 11 is 0. The van der Waals surface area contributed by atoms with Crippen LogP contribution in [0.5, 0.6) is 11.5 Å². The first-order valence-corrected chi connectivity index (χ1v) is 7.98. The number of hydrogen-bond donors (Lipinski definition) is 0. The Morgan fingerprint density at radius 1 is 1.43 bits per heavy atom. The standard InChI is InChI=1S/C19H27NO3/c1-12(2)7-14-11-20-6-5-13-8-18(22-3)19(23-4)9-15(13)16(20)10-17(14)21/h8-9,12,14,16H,5-7,10-11H2,1-4H3/i3D3,8D,9D,11D2. The molecule has 0 amide bonds. The Bertz CT molecular complexity index is 854. The maximum Gasteiger partial charge on any atom is 0.161 e. The van der Waals surface area contributed by atoms with E-state index in [1.165, 1.54) is 7.11 Å². The van der Waals surface area contributed by atoms with Gasteiger partial charge in [0.05, 0.1) is 21.0 Å². The topological polar surface area (TPSA) is 38.8 Å². The predicted octanol–water partition coefficient (Wildman–Crippen LogP) is 3.24. The summed E-state index contributed by atoms with van der Waals surface area (Å²) in [6.07, 6.45) is 0.728. The molecule has 126 valence electrons. The lowest BCUT2D eigenvalue weighted by atomic mass is 9.80. The van der Waals surface area contributed by atoms with Crippen molar-refractivity contribution in [2.24, 2.45) is 11.8 Å². The molecule has 4 heteroatoms. The van der Waals surface area contributed by atoms with Crippen LogP contribution in [0.4, 0.5) is 0 Å². The van der Waals surface area contributed by atoms with E-state index in [0.29, 0.717) is 17.5 Å². The van der Waals surface area contributed by atoms with Crippen molar-refractivity contribution in [2.75, 3.05) is 27.2 Å². The normalized spacial score (nSPS) is 31.5. The number of ketones is 1. The van der Waals surface area contributed by atoms with Crippen LogP contribution in [0.25, 0.3) is 0 Å². The first kappa shape index (κ1) is 9.67. The summed E-state index contributed by atoms with van der Waals surface area (Å²) in [7, 11) is -1.55. The van der Waals surface area contributed by atoms with Gasteiger partial charge >= 0.3 is 0 Å². The van der Waals surface area contributed by atoms with Crippen LogP contribution in [-0.2, 0) is 11.2 Å². The minimum absolute atomic E-state index is 0.0395. The van der Waals surface area contributed by atoms with Crippen molar-refractivity contribution in [3.8, 4) is 11.5 Å². The average molecular weight is 324 g/mol. The van der Waals surface area contributed by atoms with Gasteiger partial charge in [0.15, 0.2) is 11.5 Å². The van der Waals surface area contributed by atoms with Crippen LogP contribution in [0.1, 0.15) is 53.5 Å². The van der Waals surface area contributed by atoms with E-state index in [4.69, 9.17) is 19.1 Å². The van der Waals surface area contributed by atoms with E-state index in [9.17, 15) is 4.79 Å². The monoisotopic (exact) mass is 324 g/mol. The van der Waals surface area contributed by atoms with Gasteiger partial charge in [0.25, 0.3) is 0 Å². The lowest BCUT2D eigenvalue weighted by Gasteiger charge is -2.43. The molecule has 4 nitrogen and oxygen atoms in total. The van der Waals surface area contributed by atoms with Gasteiger partial charge in [-0.3, -0.25) is 9.69 Å².